The molecule has 1 unspecified atom stereocenters. The van der Waals surface area contributed by atoms with Crippen molar-refractivity contribution in [2.24, 2.45) is 12.8 Å². The van der Waals surface area contributed by atoms with Crippen LogP contribution in [-0.2, 0) is 13.6 Å². The lowest BCUT2D eigenvalue weighted by Crippen LogP contribution is -2.23. The van der Waals surface area contributed by atoms with Gasteiger partial charge >= 0.3 is 0 Å². The quantitative estimate of drug-likeness (QED) is 0.878. The summed E-state index contributed by atoms with van der Waals surface area (Å²) >= 11 is 0. The second-order valence-corrected chi connectivity index (χ2v) is 5.21. The fourth-order valence-corrected chi connectivity index (χ4v) is 2.21. The van der Waals surface area contributed by atoms with Crippen LogP contribution < -0.4 is 5.73 Å². The smallest absolute Gasteiger partial charge is 0.123 e. The van der Waals surface area contributed by atoms with Gasteiger partial charge in [-0.2, -0.15) is 5.10 Å². The predicted molar refractivity (Wildman–Crippen MR) is 77.5 cm³/mol. The predicted octanol–water partition coefficient (Wildman–Crippen LogP) is 2.08. The van der Waals surface area contributed by atoms with Crippen LogP contribution in [0.15, 0.2) is 36.7 Å². The highest BCUT2D eigenvalue weighted by atomic mass is 19.1. The molecule has 0 aliphatic heterocycles. The van der Waals surface area contributed by atoms with Crippen LogP contribution >= 0.6 is 0 Å². The molecule has 0 aliphatic carbocycles. The first-order chi connectivity index (χ1) is 9.54. The molecule has 108 valence electrons. The van der Waals surface area contributed by atoms with E-state index >= 15 is 0 Å². The summed E-state index contributed by atoms with van der Waals surface area (Å²) in [7, 11) is 3.95. The van der Waals surface area contributed by atoms with E-state index in [2.05, 4.69) is 10.00 Å². The lowest BCUT2D eigenvalue weighted by molar-refractivity contribution is 0.311. The van der Waals surface area contributed by atoms with Crippen LogP contribution in [-0.4, -0.2) is 28.3 Å². The first-order valence-electron chi connectivity index (χ1n) is 6.71. The van der Waals surface area contributed by atoms with Crippen molar-refractivity contribution in [2.45, 2.75) is 19.0 Å². The third kappa shape index (κ3) is 4.15. The summed E-state index contributed by atoms with van der Waals surface area (Å²) in [6.07, 6.45) is 4.66. The summed E-state index contributed by atoms with van der Waals surface area (Å²) < 4.78 is 14.9. The molecule has 5 heteroatoms. The maximum Gasteiger partial charge on any atom is 0.123 e. The van der Waals surface area contributed by atoms with Gasteiger partial charge in [-0.3, -0.25) is 4.68 Å². The van der Waals surface area contributed by atoms with Crippen LogP contribution in [0.5, 0.6) is 0 Å². The third-order valence-electron chi connectivity index (χ3n) is 3.31. The van der Waals surface area contributed by atoms with E-state index in [9.17, 15) is 4.39 Å². The van der Waals surface area contributed by atoms with Gasteiger partial charge in [0, 0.05) is 31.4 Å². The minimum absolute atomic E-state index is 0.137. The second-order valence-electron chi connectivity index (χ2n) is 5.21. The summed E-state index contributed by atoms with van der Waals surface area (Å²) in [5, 5.41) is 4.15. The van der Waals surface area contributed by atoms with E-state index < -0.39 is 0 Å². The molecule has 20 heavy (non-hydrogen) atoms. The fraction of sp³-hybridized carbons (Fsp3) is 0.400. The Hall–Kier alpha value is -1.72. The summed E-state index contributed by atoms with van der Waals surface area (Å²) in [5.74, 6) is -0.235. The zero-order valence-electron chi connectivity index (χ0n) is 12.0. The number of aryl methyl sites for hydroxylation is 1. The Kier molecular flexibility index (Phi) is 4.87. The van der Waals surface area contributed by atoms with E-state index in [0.717, 1.165) is 25.1 Å². The Morgan fingerprint density at radius 3 is 2.90 bits per heavy atom. The summed E-state index contributed by atoms with van der Waals surface area (Å²) in [4.78, 5) is 2.19. The van der Waals surface area contributed by atoms with E-state index in [1.807, 2.05) is 32.6 Å². The molecule has 0 amide bonds. The van der Waals surface area contributed by atoms with Gasteiger partial charge in [-0.05, 0) is 37.7 Å². The number of rotatable bonds is 6. The van der Waals surface area contributed by atoms with E-state index in [0.29, 0.717) is 0 Å². The van der Waals surface area contributed by atoms with Crippen LogP contribution in [0.25, 0.3) is 0 Å². The van der Waals surface area contributed by atoms with Crippen LogP contribution in [0.3, 0.4) is 0 Å². The molecule has 0 aliphatic rings. The summed E-state index contributed by atoms with van der Waals surface area (Å²) in [6, 6.07) is 6.37. The monoisotopic (exact) mass is 276 g/mol. The third-order valence-corrected chi connectivity index (χ3v) is 3.31. The molecule has 0 spiro atoms. The van der Waals surface area contributed by atoms with Crippen molar-refractivity contribution in [3.05, 3.63) is 53.6 Å². The fourth-order valence-electron chi connectivity index (χ4n) is 2.21. The molecule has 1 heterocycles. The minimum Gasteiger partial charge on any atom is -0.324 e. The molecule has 1 aromatic carbocycles. The highest BCUT2D eigenvalue weighted by molar-refractivity contribution is 5.19. The number of nitrogens with zero attached hydrogens (tertiary/aromatic N) is 3. The lowest BCUT2D eigenvalue weighted by atomic mass is 10.0. The van der Waals surface area contributed by atoms with Gasteiger partial charge in [0.25, 0.3) is 0 Å². The highest BCUT2D eigenvalue weighted by Crippen LogP contribution is 2.15. The van der Waals surface area contributed by atoms with E-state index in [-0.39, 0.29) is 11.9 Å². The topological polar surface area (TPSA) is 47.1 Å². The highest BCUT2D eigenvalue weighted by Gasteiger charge is 2.09. The van der Waals surface area contributed by atoms with E-state index in [4.69, 9.17) is 5.73 Å². The molecule has 2 aromatic rings. The molecule has 4 nitrogen and oxygen atoms in total. The minimum atomic E-state index is -0.235. The van der Waals surface area contributed by atoms with Gasteiger partial charge < -0.3 is 10.6 Å². The number of halogens is 1. The van der Waals surface area contributed by atoms with Crippen molar-refractivity contribution in [1.29, 1.82) is 0 Å². The summed E-state index contributed by atoms with van der Waals surface area (Å²) in [6.45, 7) is 1.69. The molecule has 0 saturated heterocycles. The van der Waals surface area contributed by atoms with E-state index in [1.54, 1.807) is 10.7 Å². The van der Waals surface area contributed by atoms with Crippen molar-refractivity contribution in [2.75, 3.05) is 13.6 Å². The van der Waals surface area contributed by atoms with Crippen molar-refractivity contribution >= 4 is 0 Å². The maximum atomic E-state index is 13.1. The summed E-state index contributed by atoms with van der Waals surface area (Å²) in [5.41, 5.74) is 8.12. The van der Waals surface area contributed by atoms with Gasteiger partial charge in [0.05, 0.1) is 6.20 Å². The lowest BCUT2D eigenvalue weighted by Gasteiger charge is -2.19. The SMILES string of the molecule is CN(CCC(N)c1cccc(F)c1)Cc1cnn(C)c1. The number of aromatic nitrogens is 2. The average Bonchev–Trinajstić information content (AvgIpc) is 2.81. The van der Waals surface area contributed by atoms with Gasteiger partial charge in [-0.15, -0.1) is 0 Å². The molecule has 0 saturated carbocycles. The zero-order valence-corrected chi connectivity index (χ0v) is 12.0. The largest absolute Gasteiger partial charge is 0.324 e. The Balaban J connectivity index is 1.82. The van der Waals surface area contributed by atoms with Crippen molar-refractivity contribution in [3.63, 3.8) is 0 Å². The van der Waals surface area contributed by atoms with Gasteiger partial charge in [-0.1, -0.05) is 12.1 Å². The molecule has 2 rings (SSSR count). The molecule has 2 N–H and O–H groups in total. The molecular formula is C15H21FN4. The second kappa shape index (κ2) is 6.63. The standard InChI is InChI=1S/C15H21FN4/c1-19(10-12-9-18-20(2)11-12)7-6-15(17)13-4-3-5-14(16)8-13/h3-5,8-9,11,15H,6-7,10,17H2,1-2H3. The Morgan fingerprint density at radius 2 is 2.25 bits per heavy atom. The Morgan fingerprint density at radius 1 is 1.45 bits per heavy atom. The number of hydrogen-bond acceptors (Lipinski definition) is 3. The van der Waals surface area contributed by atoms with Crippen molar-refractivity contribution in [3.8, 4) is 0 Å². The van der Waals surface area contributed by atoms with Gasteiger partial charge in [-0.25, -0.2) is 4.39 Å². The Bertz CT molecular complexity index is 552. The maximum absolute atomic E-state index is 13.1. The first kappa shape index (κ1) is 14.7. The molecule has 0 fully saturated rings. The number of benzene rings is 1. The number of nitrogens with two attached hydrogens (primary N) is 1. The van der Waals surface area contributed by atoms with Crippen molar-refractivity contribution < 1.29 is 4.39 Å². The average molecular weight is 276 g/mol. The van der Waals surface area contributed by atoms with E-state index in [1.165, 1.54) is 17.7 Å². The molecule has 1 aromatic heterocycles. The molecule has 0 radical (unpaired) electrons. The molecule has 0 bridgehead atoms. The number of hydrogen-bond donors (Lipinski definition) is 1. The van der Waals surface area contributed by atoms with Crippen LogP contribution in [0.1, 0.15) is 23.6 Å². The molecule has 1 atom stereocenters. The molecular weight excluding hydrogens is 255 g/mol. The normalized spacial score (nSPS) is 12.8. The first-order valence-corrected chi connectivity index (χ1v) is 6.71. The van der Waals surface area contributed by atoms with Crippen LogP contribution in [0.4, 0.5) is 4.39 Å². The van der Waals surface area contributed by atoms with Gasteiger partial charge in [0.1, 0.15) is 5.82 Å². The van der Waals surface area contributed by atoms with Crippen molar-refractivity contribution in [1.82, 2.24) is 14.7 Å². The zero-order chi connectivity index (χ0) is 14.5. The van der Waals surface area contributed by atoms with Crippen LogP contribution in [0, 0.1) is 5.82 Å². The Labute approximate surface area is 119 Å². The van der Waals surface area contributed by atoms with Gasteiger partial charge in [0.15, 0.2) is 0 Å². The van der Waals surface area contributed by atoms with Gasteiger partial charge in [0.2, 0.25) is 0 Å². The van der Waals surface area contributed by atoms with Crippen LogP contribution in [0.2, 0.25) is 0 Å².